The van der Waals surface area contributed by atoms with Gasteiger partial charge in [0.2, 0.25) is 0 Å². The number of fused-ring (bicyclic) bond motifs is 6. The van der Waals surface area contributed by atoms with E-state index in [2.05, 4.69) is 19.6 Å². The molecule has 6 nitrogen and oxygen atoms in total. The summed E-state index contributed by atoms with van der Waals surface area (Å²) >= 11 is 0. The first-order chi connectivity index (χ1) is 14.7. The van der Waals surface area contributed by atoms with Gasteiger partial charge in [0, 0.05) is 78.5 Å². The second-order valence-electron chi connectivity index (χ2n) is 8.46. The highest BCUT2D eigenvalue weighted by atomic mass is 16.3. The molecule has 0 unspecified atom stereocenters. The van der Waals surface area contributed by atoms with E-state index in [0.717, 1.165) is 11.1 Å². The maximum absolute atomic E-state index is 9.11. The maximum atomic E-state index is 9.11. The first-order valence-electron chi connectivity index (χ1n) is 11.1. The van der Waals surface area contributed by atoms with Gasteiger partial charge in [-0.3, -0.25) is 19.6 Å². The Morgan fingerprint density at radius 1 is 0.367 bits per heavy atom. The molecule has 4 bridgehead atoms. The van der Waals surface area contributed by atoms with Gasteiger partial charge in [-0.1, -0.05) is 24.3 Å². The van der Waals surface area contributed by atoms with Crippen LogP contribution in [0.1, 0.15) is 0 Å². The van der Waals surface area contributed by atoms with E-state index in [0.29, 0.717) is 0 Å². The van der Waals surface area contributed by atoms with Crippen molar-refractivity contribution in [2.75, 3.05) is 78.5 Å². The van der Waals surface area contributed by atoms with Gasteiger partial charge in [0.15, 0.2) is 0 Å². The maximum Gasteiger partial charge on any atom is 0.115 e. The van der Waals surface area contributed by atoms with Crippen LogP contribution >= 0.6 is 0 Å². The second-order valence-corrected chi connectivity index (χ2v) is 8.46. The summed E-state index contributed by atoms with van der Waals surface area (Å²) in [5.41, 5.74) is 2.03. The van der Waals surface area contributed by atoms with Crippen molar-refractivity contribution in [3.8, 4) is 22.6 Å². The smallest absolute Gasteiger partial charge is 0.115 e. The molecule has 0 radical (unpaired) electrons. The summed E-state index contributed by atoms with van der Waals surface area (Å²) in [4.78, 5) is 10.2. The number of hydrogen-bond donors (Lipinski definition) is 2. The lowest BCUT2D eigenvalue weighted by Crippen LogP contribution is -2.55. The number of rotatable bonds is 1. The lowest BCUT2D eigenvalue weighted by atomic mass is 10.1. The Labute approximate surface area is 179 Å². The van der Waals surface area contributed by atoms with E-state index in [-0.39, 0.29) is 11.5 Å². The number of phenolic OH excluding ortho intramolecular Hbond substituents is 2. The number of nitrogens with zero attached hydrogens (tertiary/aromatic N) is 4. The minimum absolute atomic E-state index is 0.257. The van der Waals surface area contributed by atoms with Gasteiger partial charge in [0.05, 0.1) is 0 Å². The molecule has 0 atom stereocenters. The van der Waals surface area contributed by atoms with E-state index in [1.165, 1.54) is 78.5 Å². The van der Waals surface area contributed by atoms with Gasteiger partial charge in [-0.05, 0) is 35.4 Å². The molecule has 0 spiro atoms. The van der Waals surface area contributed by atoms with Crippen LogP contribution in [0, 0.1) is 0 Å². The zero-order valence-corrected chi connectivity index (χ0v) is 17.8. The minimum Gasteiger partial charge on any atom is -0.508 e. The number of benzene rings is 2. The molecule has 8 rings (SSSR count). The highest BCUT2D eigenvalue weighted by molar-refractivity contribution is 5.64. The molecule has 6 aliphatic heterocycles. The van der Waals surface area contributed by atoms with Crippen LogP contribution in [-0.2, 0) is 0 Å². The van der Waals surface area contributed by atoms with E-state index in [1.807, 2.05) is 24.3 Å². The Kier molecular flexibility index (Phi) is 7.23. The minimum atomic E-state index is 0.257. The molecule has 2 aromatic carbocycles. The number of phenols is 2. The molecule has 6 aliphatic rings. The van der Waals surface area contributed by atoms with E-state index in [4.69, 9.17) is 10.2 Å². The van der Waals surface area contributed by atoms with Gasteiger partial charge < -0.3 is 10.2 Å². The summed E-state index contributed by atoms with van der Waals surface area (Å²) in [5, 5.41) is 18.2. The topological polar surface area (TPSA) is 53.4 Å². The second kappa shape index (κ2) is 10.3. The van der Waals surface area contributed by atoms with Crippen molar-refractivity contribution in [1.29, 1.82) is 0 Å². The molecule has 0 amide bonds. The van der Waals surface area contributed by atoms with Crippen LogP contribution in [0.25, 0.3) is 11.1 Å². The van der Waals surface area contributed by atoms with Crippen molar-refractivity contribution >= 4 is 0 Å². The molecule has 162 valence electrons. The highest BCUT2D eigenvalue weighted by Crippen LogP contribution is 2.23. The monoisotopic (exact) mass is 410 g/mol. The largest absolute Gasteiger partial charge is 0.508 e. The van der Waals surface area contributed by atoms with Gasteiger partial charge in [0.1, 0.15) is 11.5 Å². The average Bonchev–Trinajstić information content (AvgIpc) is 2.84. The van der Waals surface area contributed by atoms with Crippen molar-refractivity contribution in [1.82, 2.24) is 19.6 Å². The first kappa shape index (κ1) is 21.1. The van der Waals surface area contributed by atoms with Gasteiger partial charge in [-0.15, -0.1) is 0 Å². The SMILES string of the molecule is C1CN2CCN1CC2.C1CN2CCN1CC2.Oc1ccc(-c2ccc(O)cc2)cc1. The molecule has 2 N–H and O–H groups in total. The van der Waals surface area contributed by atoms with E-state index < -0.39 is 0 Å². The molecule has 2 aromatic rings. The zero-order chi connectivity index (χ0) is 20.8. The summed E-state index contributed by atoms with van der Waals surface area (Å²) in [7, 11) is 0. The molecule has 6 saturated heterocycles. The molecule has 6 heteroatoms. The lowest BCUT2D eigenvalue weighted by Gasteiger charge is -2.41. The summed E-state index contributed by atoms with van der Waals surface area (Å²) < 4.78 is 0. The fourth-order valence-electron chi connectivity index (χ4n) is 4.35. The quantitative estimate of drug-likeness (QED) is 0.750. The summed E-state index contributed by atoms with van der Waals surface area (Å²) in [5.74, 6) is 0.514. The van der Waals surface area contributed by atoms with Gasteiger partial charge in [-0.25, -0.2) is 0 Å². The molecular formula is C24H34N4O2. The number of hydrogen-bond acceptors (Lipinski definition) is 6. The van der Waals surface area contributed by atoms with Crippen LogP contribution < -0.4 is 0 Å². The van der Waals surface area contributed by atoms with Crippen LogP contribution in [0.4, 0.5) is 0 Å². The third kappa shape index (κ3) is 5.95. The Balaban J connectivity index is 0.000000116. The van der Waals surface area contributed by atoms with Crippen molar-refractivity contribution in [2.24, 2.45) is 0 Å². The van der Waals surface area contributed by atoms with Crippen molar-refractivity contribution in [3.05, 3.63) is 48.5 Å². The summed E-state index contributed by atoms with van der Waals surface area (Å²) in [6.45, 7) is 15.8. The highest BCUT2D eigenvalue weighted by Gasteiger charge is 2.22. The Morgan fingerprint density at radius 2 is 0.567 bits per heavy atom. The summed E-state index contributed by atoms with van der Waals surface area (Å²) in [6.07, 6.45) is 0. The van der Waals surface area contributed by atoms with Crippen LogP contribution in [0.5, 0.6) is 11.5 Å². The standard InChI is InChI=1S/C12H10O2.2C6H12N2/c13-11-5-1-9(2-6-11)10-3-7-12(14)8-4-10;2*1-2-8-5-3-7(1)4-6-8/h1-8,13-14H;2*1-6H2. The zero-order valence-electron chi connectivity index (χ0n) is 17.8. The van der Waals surface area contributed by atoms with E-state index >= 15 is 0 Å². The fraction of sp³-hybridized carbons (Fsp3) is 0.500. The third-order valence-electron chi connectivity index (χ3n) is 6.46. The van der Waals surface area contributed by atoms with Crippen LogP contribution in [-0.4, -0.2) is 108 Å². The third-order valence-corrected chi connectivity index (χ3v) is 6.46. The molecule has 0 saturated carbocycles. The Bertz CT molecular complexity index is 651. The van der Waals surface area contributed by atoms with Gasteiger partial charge >= 0.3 is 0 Å². The molecule has 0 aliphatic carbocycles. The molecule has 0 aromatic heterocycles. The first-order valence-corrected chi connectivity index (χ1v) is 11.1. The fourth-order valence-corrected chi connectivity index (χ4v) is 4.35. The number of piperazine rings is 6. The number of aromatic hydroxyl groups is 2. The van der Waals surface area contributed by atoms with Gasteiger partial charge in [-0.2, -0.15) is 0 Å². The van der Waals surface area contributed by atoms with E-state index in [1.54, 1.807) is 24.3 Å². The van der Waals surface area contributed by atoms with Crippen molar-refractivity contribution in [3.63, 3.8) is 0 Å². The van der Waals surface area contributed by atoms with Crippen LogP contribution in [0.3, 0.4) is 0 Å². The van der Waals surface area contributed by atoms with Gasteiger partial charge in [0.25, 0.3) is 0 Å². The molecule has 6 fully saturated rings. The van der Waals surface area contributed by atoms with Crippen molar-refractivity contribution < 1.29 is 10.2 Å². The van der Waals surface area contributed by atoms with Crippen LogP contribution in [0.15, 0.2) is 48.5 Å². The Morgan fingerprint density at radius 3 is 0.733 bits per heavy atom. The molecule has 6 heterocycles. The van der Waals surface area contributed by atoms with Crippen LogP contribution in [0.2, 0.25) is 0 Å². The Hall–Kier alpha value is -2.12. The predicted molar refractivity (Wildman–Crippen MR) is 121 cm³/mol. The van der Waals surface area contributed by atoms with Crippen molar-refractivity contribution in [2.45, 2.75) is 0 Å². The predicted octanol–water partition coefficient (Wildman–Crippen LogP) is 2.00. The lowest BCUT2D eigenvalue weighted by molar-refractivity contribution is 0.0647. The normalized spacial score (nSPS) is 28.7. The van der Waals surface area contributed by atoms with E-state index in [9.17, 15) is 0 Å². The molecular weight excluding hydrogens is 376 g/mol. The average molecular weight is 411 g/mol. The molecule has 30 heavy (non-hydrogen) atoms. The summed E-state index contributed by atoms with van der Waals surface area (Å²) in [6, 6.07) is 13.9.